The van der Waals surface area contributed by atoms with Crippen molar-refractivity contribution in [3.05, 3.63) is 59.2 Å². The van der Waals surface area contributed by atoms with Crippen LogP contribution in [0.15, 0.2) is 42.5 Å². The van der Waals surface area contributed by atoms with Gasteiger partial charge in [-0.05, 0) is 69.6 Å². The van der Waals surface area contributed by atoms with Gasteiger partial charge in [0, 0.05) is 43.6 Å². The molecule has 0 aliphatic carbocycles. The molecule has 0 unspecified atom stereocenters. The Hall–Kier alpha value is -3.14. The van der Waals surface area contributed by atoms with Gasteiger partial charge in [0.15, 0.2) is 0 Å². The first-order chi connectivity index (χ1) is 20.8. The molecular weight excluding hydrogens is 546 g/mol. The van der Waals surface area contributed by atoms with Crippen LogP contribution in [0.3, 0.4) is 0 Å². The number of likely N-dealkylation sites (tertiary alicyclic amines) is 1. The monoisotopic (exact) mass is 595 g/mol. The number of para-hydroxylation sites is 1. The fourth-order valence-electron chi connectivity index (χ4n) is 6.41. The van der Waals surface area contributed by atoms with Crippen LogP contribution < -0.4 is 9.47 Å². The molecule has 1 fully saturated rings. The van der Waals surface area contributed by atoms with Gasteiger partial charge in [-0.15, -0.1) is 0 Å². The topological polar surface area (TPSA) is 103 Å². The highest BCUT2D eigenvalue weighted by Gasteiger charge is 2.47. The van der Waals surface area contributed by atoms with Crippen LogP contribution in [0, 0.1) is 5.92 Å². The smallest absolute Gasteiger partial charge is 0.308 e. The molecular formula is C34H49N3O6. The van der Waals surface area contributed by atoms with E-state index in [4.69, 9.17) is 9.47 Å². The number of fused-ring (bicyclic) bond motifs is 1. The molecule has 0 radical (unpaired) electrons. The van der Waals surface area contributed by atoms with E-state index in [1.807, 2.05) is 41.3 Å². The Labute approximate surface area is 256 Å². The minimum absolute atomic E-state index is 0.0574. The summed E-state index contributed by atoms with van der Waals surface area (Å²) in [7, 11) is 4.12. The van der Waals surface area contributed by atoms with Crippen molar-refractivity contribution in [2.75, 3.05) is 60.0 Å². The number of benzene rings is 2. The predicted molar refractivity (Wildman–Crippen MR) is 167 cm³/mol. The van der Waals surface area contributed by atoms with Crippen molar-refractivity contribution in [1.29, 1.82) is 0 Å². The Morgan fingerprint density at radius 1 is 1.07 bits per heavy atom. The van der Waals surface area contributed by atoms with Gasteiger partial charge in [-0.3, -0.25) is 14.5 Å². The molecule has 0 bridgehead atoms. The third-order valence-corrected chi connectivity index (χ3v) is 8.75. The number of carbonyl (C=O) groups is 2. The van der Waals surface area contributed by atoms with Gasteiger partial charge in [0.25, 0.3) is 0 Å². The molecule has 2 heterocycles. The fourth-order valence-corrected chi connectivity index (χ4v) is 6.41. The van der Waals surface area contributed by atoms with Gasteiger partial charge in [-0.25, -0.2) is 0 Å². The first-order valence-electron chi connectivity index (χ1n) is 15.8. The van der Waals surface area contributed by atoms with Gasteiger partial charge in [0.05, 0.1) is 32.3 Å². The Bertz CT molecular complexity index is 1200. The van der Waals surface area contributed by atoms with Crippen LogP contribution in [0.4, 0.5) is 0 Å². The van der Waals surface area contributed by atoms with Crippen LogP contribution in [0.1, 0.15) is 61.6 Å². The average Bonchev–Trinajstić information content (AvgIpc) is 3.61. The zero-order valence-corrected chi connectivity index (χ0v) is 26.0. The Morgan fingerprint density at radius 2 is 1.84 bits per heavy atom. The molecule has 2 aromatic carbocycles. The van der Waals surface area contributed by atoms with Crippen LogP contribution in [0.25, 0.3) is 0 Å². The van der Waals surface area contributed by atoms with E-state index in [0.29, 0.717) is 44.0 Å². The second kappa shape index (κ2) is 16.1. The zero-order valence-electron chi connectivity index (χ0n) is 26.0. The first kappa shape index (κ1) is 32.8. The number of hydrogen-bond acceptors (Lipinski definition) is 7. The lowest BCUT2D eigenvalue weighted by molar-refractivity contribution is -0.144. The molecule has 0 saturated carbocycles. The van der Waals surface area contributed by atoms with Crippen molar-refractivity contribution >= 4 is 11.9 Å². The maximum absolute atomic E-state index is 13.8. The second-order valence-corrected chi connectivity index (χ2v) is 12.1. The van der Waals surface area contributed by atoms with Gasteiger partial charge in [0.1, 0.15) is 11.5 Å². The summed E-state index contributed by atoms with van der Waals surface area (Å²) in [5.74, 6) is -0.278. The fraction of sp³-hybridized carbons (Fsp3) is 0.588. The Morgan fingerprint density at radius 3 is 2.58 bits per heavy atom. The molecule has 2 aliphatic heterocycles. The van der Waals surface area contributed by atoms with E-state index >= 15 is 0 Å². The van der Waals surface area contributed by atoms with Crippen molar-refractivity contribution in [2.24, 2.45) is 5.92 Å². The van der Waals surface area contributed by atoms with Gasteiger partial charge >= 0.3 is 5.97 Å². The minimum Gasteiger partial charge on any atom is -0.493 e. The molecule has 4 rings (SSSR count). The molecule has 3 atom stereocenters. The summed E-state index contributed by atoms with van der Waals surface area (Å²) in [6, 6.07) is 13.0. The van der Waals surface area contributed by atoms with E-state index in [2.05, 4.69) is 36.9 Å². The molecule has 236 valence electrons. The number of aliphatic hydroxyl groups is 1. The lowest BCUT2D eigenvalue weighted by Crippen LogP contribution is -2.45. The van der Waals surface area contributed by atoms with Crippen molar-refractivity contribution in [1.82, 2.24) is 14.7 Å². The van der Waals surface area contributed by atoms with Crippen molar-refractivity contribution in [3.8, 4) is 11.5 Å². The molecule has 9 heteroatoms. The molecule has 43 heavy (non-hydrogen) atoms. The van der Waals surface area contributed by atoms with Crippen LogP contribution in [-0.4, -0.2) is 103 Å². The van der Waals surface area contributed by atoms with E-state index in [-0.39, 0.29) is 37.6 Å². The van der Waals surface area contributed by atoms with E-state index < -0.39 is 11.9 Å². The number of rotatable bonds is 17. The van der Waals surface area contributed by atoms with E-state index in [9.17, 15) is 19.8 Å². The highest BCUT2D eigenvalue weighted by atomic mass is 16.5. The van der Waals surface area contributed by atoms with E-state index in [1.165, 1.54) is 0 Å². The number of hydrogen-bond donors (Lipinski definition) is 2. The normalized spacial score (nSPS) is 19.8. The number of carboxylic acids is 1. The average molecular weight is 596 g/mol. The lowest BCUT2D eigenvalue weighted by Gasteiger charge is -2.30. The number of aliphatic hydroxyl groups excluding tert-OH is 1. The summed E-state index contributed by atoms with van der Waals surface area (Å²) in [6.45, 7) is 6.00. The second-order valence-electron chi connectivity index (χ2n) is 12.1. The van der Waals surface area contributed by atoms with Crippen molar-refractivity contribution < 1.29 is 29.3 Å². The van der Waals surface area contributed by atoms with E-state index in [1.54, 1.807) is 0 Å². The highest BCUT2D eigenvalue weighted by Crippen LogP contribution is 2.41. The molecule has 9 nitrogen and oxygen atoms in total. The first-order valence-corrected chi connectivity index (χ1v) is 15.8. The molecule has 0 spiro atoms. The number of carboxylic acid groups (broad SMARTS) is 1. The third-order valence-electron chi connectivity index (χ3n) is 8.75. The number of nitrogens with zero attached hydrogens (tertiary/aromatic N) is 3. The summed E-state index contributed by atoms with van der Waals surface area (Å²) in [4.78, 5) is 32.9. The summed E-state index contributed by atoms with van der Waals surface area (Å²) >= 11 is 0. The SMILES string of the molecule is CCCCN(CCCCN(C)C)C(=O)CN1C[C@H](c2ccc3c(c2)CCO3)[C@@H](C(=O)O)[C@@H]1CCOc1ccccc1CO. The number of carbonyl (C=O) groups excluding carboxylic acids is 1. The number of unbranched alkanes of at least 4 members (excludes halogenated alkanes) is 2. The van der Waals surface area contributed by atoms with Gasteiger partial charge < -0.3 is 29.5 Å². The van der Waals surface area contributed by atoms with Crippen LogP contribution in [0.5, 0.6) is 11.5 Å². The standard InChI is InChI=1S/C34H49N3O6/c1-4-5-17-36(18-9-8-16-35(2)3)32(39)23-37-22-28(25-12-13-31-26(21-25)14-19-42-31)33(34(40)41)29(37)15-20-43-30-11-7-6-10-27(30)24-38/h6-7,10-13,21,28-29,33,38H,4-5,8-9,14-20,22-24H2,1-3H3,(H,40,41)/t28-,29+,33-/m1/s1. The maximum atomic E-state index is 13.8. The minimum atomic E-state index is -0.857. The molecule has 0 aromatic heterocycles. The molecule has 1 amide bonds. The number of amides is 1. The molecule has 2 aromatic rings. The Balaban J connectivity index is 1.54. The molecule has 2 N–H and O–H groups in total. The van der Waals surface area contributed by atoms with Crippen molar-refractivity contribution in [2.45, 2.75) is 64.0 Å². The van der Waals surface area contributed by atoms with Crippen molar-refractivity contribution in [3.63, 3.8) is 0 Å². The zero-order chi connectivity index (χ0) is 30.8. The summed E-state index contributed by atoms with van der Waals surface area (Å²) in [6.07, 6.45) is 5.17. The van der Waals surface area contributed by atoms with E-state index in [0.717, 1.165) is 55.5 Å². The summed E-state index contributed by atoms with van der Waals surface area (Å²) < 4.78 is 11.8. The van der Waals surface area contributed by atoms with Gasteiger partial charge in [-0.2, -0.15) is 0 Å². The predicted octanol–water partition coefficient (Wildman–Crippen LogP) is 4.02. The maximum Gasteiger partial charge on any atom is 0.308 e. The largest absolute Gasteiger partial charge is 0.493 e. The van der Waals surface area contributed by atoms with Gasteiger partial charge in [0.2, 0.25) is 5.91 Å². The highest BCUT2D eigenvalue weighted by molar-refractivity contribution is 5.79. The van der Waals surface area contributed by atoms with Crippen LogP contribution in [0.2, 0.25) is 0 Å². The quantitative estimate of drug-likeness (QED) is 0.265. The van der Waals surface area contributed by atoms with Gasteiger partial charge in [-0.1, -0.05) is 43.7 Å². The molecule has 2 aliphatic rings. The summed E-state index contributed by atoms with van der Waals surface area (Å²) in [5.41, 5.74) is 2.78. The Kier molecular flexibility index (Phi) is 12.3. The number of ether oxygens (including phenoxy) is 2. The van der Waals surface area contributed by atoms with Crippen LogP contribution >= 0.6 is 0 Å². The van der Waals surface area contributed by atoms with Crippen LogP contribution in [-0.2, 0) is 22.6 Å². The molecule has 1 saturated heterocycles. The summed E-state index contributed by atoms with van der Waals surface area (Å²) in [5, 5.41) is 20.3. The lowest BCUT2D eigenvalue weighted by atomic mass is 9.83. The third kappa shape index (κ3) is 8.71. The number of aliphatic carboxylic acids is 1.